The number of aryl methyl sites for hydroxylation is 1. The number of carbonyl (C=O) groups is 1. The van der Waals surface area contributed by atoms with E-state index in [0.29, 0.717) is 22.0 Å². The molecule has 0 aliphatic rings. The third kappa shape index (κ3) is 2.45. The number of carbonyl (C=O) groups excluding carboxylic acids is 1. The Labute approximate surface area is 126 Å². The van der Waals surface area contributed by atoms with Crippen LogP contribution < -0.4 is 11.1 Å². The lowest BCUT2D eigenvalue weighted by atomic mass is 10.2. The van der Waals surface area contributed by atoms with E-state index in [9.17, 15) is 4.79 Å². The first-order chi connectivity index (χ1) is 10.1. The number of fused-ring (bicyclic) bond motifs is 1. The Bertz CT molecular complexity index is 839. The SMILES string of the molecule is Cc1ccc(NC(=O)c2oc3ccccc3c2N)cc1Cl. The van der Waals surface area contributed by atoms with Crippen LogP contribution in [0.5, 0.6) is 0 Å². The second-order valence-electron chi connectivity index (χ2n) is 4.76. The average molecular weight is 301 g/mol. The van der Waals surface area contributed by atoms with Crippen molar-refractivity contribution in [3.05, 3.63) is 58.8 Å². The summed E-state index contributed by atoms with van der Waals surface area (Å²) in [7, 11) is 0. The first-order valence-electron chi connectivity index (χ1n) is 6.41. The summed E-state index contributed by atoms with van der Waals surface area (Å²) in [5, 5.41) is 4.05. The van der Waals surface area contributed by atoms with Crippen molar-refractivity contribution in [2.45, 2.75) is 6.92 Å². The van der Waals surface area contributed by atoms with E-state index in [1.165, 1.54) is 0 Å². The van der Waals surface area contributed by atoms with Crippen molar-refractivity contribution in [2.75, 3.05) is 11.1 Å². The molecule has 0 bridgehead atoms. The van der Waals surface area contributed by atoms with E-state index in [1.54, 1.807) is 18.2 Å². The number of anilines is 2. The van der Waals surface area contributed by atoms with Crippen molar-refractivity contribution in [3.8, 4) is 0 Å². The molecule has 0 fully saturated rings. The Morgan fingerprint density at radius 3 is 2.71 bits per heavy atom. The number of nitrogen functional groups attached to an aromatic ring is 1. The van der Waals surface area contributed by atoms with Gasteiger partial charge in [0.15, 0.2) is 0 Å². The van der Waals surface area contributed by atoms with Crippen molar-refractivity contribution in [1.82, 2.24) is 0 Å². The number of nitrogens with two attached hydrogens (primary N) is 1. The predicted molar refractivity (Wildman–Crippen MR) is 84.8 cm³/mol. The summed E-state index contributed by atoms with van der Waals surface area (Å²) in [6, 6.07) is 12.5. The lowest BCUT2D eigenvalue weighted by molar-refractivity contribution is 0.1000. The molecule has 4 nitrogen and oxygen atoms in total. The van der Waals surface area contributed by atoms with Gasteiger partial charge in [-0.1, -0.05) is 29.8 Å². The van der Waals surface area contributed by atoms with Gasteiger partial charge in [-0.3, -0.25) is 4.79 Å². The fourth-order valence-corrected chi connectivity index (χ4v) is 2.27. The van der Waals surface area contributed by atoms with E-state index in [-0.39, 0.29) is 5.76 Å². The topological polar surface area (TPSA) is 68.3 Å². The molecular formula is C16H13ClN2O2. The number of benzene rings is 2. The molecule has 106 valence electrons. The lowest BCUT2D eigenvalue weighted by Gasteiger charge is -2.05. The van der Waals surface area contributed by atoms with Gasteiger partial charge in [-0.05, 0) is 36.8 Å². The quantitative estimate of drug-likeness (QED) is 0.744. The van der Waals surface area contributed by atoms with Crippen LogP contribution in [0.25, 0.3) is 11.0 Å². The Kier molecular flexibility index (Phi) is 3.31. The second-order valence-corrected chi connectivity index (χ2v) is 5.17. The largest absolute Gasteiger partial charge is 0.449 e. The molecule has 3 rings (SSSR count). The molecule has 0 atom stereocenters. The monoisotopic (exact) mass is 300 g/mol. The van der Waals surface area contributed by atoms with Crippen LogP contribution in [0.15, 0.2) is 46.9 Å². The highest BCUT2D eigenvalue weighted by Crippen LogP contribution is 2.29. The van der Waals surface area contributed by atoms with Crippen LogP contribution in [0.4, 0.5) is 11.4 Å². The minimum atomic E-state index is -0.399. The Morgan fingerprint density at radius 1 is 1.24 bits per heavy atom. The van der Waals surface area contributed by atoms with Crippen LogP contribution >= 0.6 is 11.6 Å². The molecule has 0 saturated heterocycles. The molecule has 21 heavy (non-hydrogen) atoms. The Hall–Kier alpha value is -2.46. The van der Waals surface area contributed by atoms with Crippen LogP contribution in [-0.4, -0.2) is 5.91 Å². The third-order valence-corrected chi connectivity index (χ3v) is 3.68. The molecule has 5 heteroatoms. The van der Waals surface area contributed by atoms with Gasteiger partial charge in [-0.2, -0.15) is 0 Å². The maximum absolute atomic E-state index is 12.3. The zero-order valence-corrected chi connectivity index (χ0v) is 12.1. The number of hydrogen-bond donors (Lipinski definition) is 2. The molecular weight excluding hydrogens is 288 g/mol. The highest BCUT2D eigenvalue weighted by Gasteiger charge is 2.18. The van der Waals surface area contributed by atoms with Gasteiger partial charge in [0.2, 0.25) is 5.76 Å². The molecule has 0 aliphatic carbocycles. The molecule has 0 radical (unpaired) electrons. The van der Waals surface area contributed by atoms with Crippen molar-refractivity contribution < 1.29 is 9.21 Å². The van der Waals surface area contributed by atoms with Crippen LogP contribution in [0.1, 0.15) is 16.1 Å². The van der Waals surface area contributed by atoms with Gasteiger partial charge in [0, 0.05) is 16.1 Å². The van der Waals surface area contributed by atoms with Crippen molar-refractivity contribution >= 4 is 39.9 Å². The number of hydrogen-bond acceptors (Lipinski definition) is 3. The van der Waals surface area contributed by atoms with E-state index in [1.807, 2.05) is 31.2 Å². The predicted octanol–water partition coefficient (Wildman–Crippen LogP) is 4.23. The summed E-state index contributed by atoms with van der Waals surface area (Å²) in [5.41, 5.74) is 8.42. The van der Waals surface area contributed by atoms with Crippen LogP contribution in [0, 0.1) is 6.92 Å². The maximum Gasteiger partial charge on any atom is 0.293 e. The molecule has 1 heterocycles. The van der Waals surface area contributed by atoms with Gasteiger partial charge in [0.25, 0.3) is 5.91 Å². The Morgan fingerprint density at radius 2 is 2.00 bits per heavy atom. The summed E-state index contributed by atoms with van der Waals surface area (Å²) in [4.78, 5) is 12.3. The van der Waals surface area contributed by atoms with E-state index in [2.05, 4.69) is 5.32 Å². The van der Waals surface area contributed by atoms with Crippen molar-refractivity contribution in [1.29, 1.82) is 0 Å². The first-order valence-corrected chi connectivity index (χ1v) is 6.78. The molecule has 1 aromatic heterocycles. The number of furan rings is 1. The standard InChI is InChI=1S/C16H13ClN2O2/c1-9-6-7-10(8-12(9)17)19-16(20)15-14(18)11-4-2-3-5-13(11)21-15/h2-8H,18H2,1H3,(H,19,20). The molecule has 2 aromatic carbocycles. The van der Waals surface area contributed by atoms with Crippen molar-refractivity contribution in [3.63, 3.8) is 0 Å². The Balaban J connectivity index is 1.93. The number of para-hydroxylation sites is 1. The smallest absolute Gasteiger partial charge is 0.293 e. The normalized spacial score (nSPS) is 10.8. The highest BCUT2D eigenvalue weighted by molar-refractivity contribution is 6.31. The van der Waals surface area contributed by atoms with Gasteiger partial charge in [0.05, 0.1) is 5.69 Å². The van der Waals surface area contributed by atoms with Gasteiger partial charge < -0.3 is 15.5 Å². The number of amides is 1. The second kappa shape index (κ2) is 5.14. The summed E-state index contributed by atoms with van der Waals surface area (Å²) >= 11 is 6.04. The number of rotatable bonds is 2. The molecule has 0 unspecified atom stereocenters. The number of halogens is 1. The first kappa shape index (κ1) is 13.5. The average Bonchev–Trinajstić information content (AvgIpc) is 2.81. The molecule has 1 amide bonds. The minimum absolute atomic E-state index is 0.105. The summed E-state index contributed by atoms with van der Waals surface area (Å²) in [6.07, 6.45) is 0. The van der Waals surface area contributed by atoms with Gasteiger partial charge in [-0.25, -0.2) is 0 Å². The molecule has 0 spiro atoms. The van der Waals surface area contributed by atoms with Gasteiger partial charge in [-0.15, -0.1) is 0 Å². The molecule has 3 aromatic rings. The maximum atomic E-state index is 12.3. The summed E-state index contributed by atoms with van der Waals surface area (Å²) < 4.78 is 5.52. The minimum Gasteiger partial charge on any atom is -0.449 e. The molecule has 0 aliphatic heterocycles. The fourth-order valence-electron chi connectivity index (χ4n) is 2.09. The lowest BCUT2D eigenvalue weighted by Crippen LogP contribution is -2.12. The van der Waals surface area contributed by atoms with E-state index >= 15 is 0 Å². The van der Waals surface area contributed by atoms with Crippen LogP contribution in [0.2, 0.25) is 5.02 Å². The highest BCUT2D eigenvalue weighted by atomic mass is 35.5. The van der Waals surface area contributed by atoms with E-state index in [0.717, 1.165) is 10.9 Å². The van der Waals surface area contributed by atoms with Crippen LogP contribution in [-0.2, 0) is 0 Å². The zero-order valence-electron chi connectivity index (χ0n) is 11.3. The zero-order chi connectivity index (χ0) is 15.0. The van der Waals surface area contributed by atoms with Gasteiger partial charge >= 0.3 is 0 Å². The van der Waals surface area contributed by atoms with Crippen LogP contribution in [0.3, 0.4) is 0 Å². The fraction of sp³-hybridized carbons (Fsp3) is 0.0625. The molecule has 3 N–H and O–H groups in total. The van der Waals surface area contributed by atoms with Crippen molar-refractivity contribution in [2.24, 2.45) is 0 Å². The van der Waals surface area contributed by atoms with E-state index < -0.39 is 5.91 Å². The summed E-state index contributed by atoms with van der Waals surface area (Å²) in [6.45, 7) is 1.89. The summed E-state index contributed by atoms with van der Waals surface area (Å²) in [5.74, 6) is -0.295. The van der Waals surface area contributed by atoms with Gasteiger partial charge in [0.1, 0.15) is 5.58 Å². The number of nitrogens with one attached hydrogen (secondary N) is 1. The van der Waals surface area contributed by atoms with E-state index in [4.69, 9.17) is 21.8 Å². The third-order valence-electron chi connectivity index (χ3n) is 3.27. The molecule has 0 saturated carbocycles.